The van der Waals surface area contributed by atoms with Crippen LogP contribution in [0.3, 0.4) is 0 Å². The van der Waals surface area contributed by atoms with E-state index in [0.717, 1.165) is 6.92 Å². The quantitative estimate of drug-likeness (QED) is 0.409. The number of alkyl halides is 3. The standard InChI is InChI=1S/C8H14F3N2.Mn/c1-5(2)12-7(4)13-6(3)8(9,10)11;/h5-6H,1-4H3;/q-1;. The van der Waals surface area contributed by atoms with Gasteiger partial charge in [0.05, 0.1) is 6.04 Å². The van der Waals surface area contributed by atoms with Crippen LogP contribution in [-0.2, 0) is 17.1 Å². The summed E-state index contributed by atoms with van der Waals surface area (Å²) in [4.78, 5) is 3.88. The van der Waals surface area contributed by atoms with Crippen LogP contribution < -0.4 is 0 Å². The molecule has 0 aromatic carbocycles. The summed E-state index contributed by atoms with van der Waals surface area (Å²) < 4.78 is 36.0. The minimum atomic E-state index is -4.27. The second kappa shape index (κ2) is 6.30. The van der Waals surface area contributed by atoms with Crippen LogP contribution in [0.25, 0.3) is 5.32 Å². The molecule has 85 valence electrons. The normalized spacial score (nSPS) is 15.0. The number of aliphatic imine (C=N–C) groups is 1. The van der Waals surface area contributed by atoms with E-state index in [9.17, 15) is 13.2 Å². The second-order valence-corrected chi connectivity index (χ2v) is 3.12. The summed E-state index contributed by atoms with van der Waals surface area (Å²) >= 11 is 0. The monoisotopic (exact) mass is 250 g/mol. The first kappa shape index (κ1) is 16.2. The molecule has 1 atom stereocenters. The first-order chi connectivity index (χ1) is 5.73. The van der Waals surface area contributed by atoms with Crippen molar-refractivity contribution in [3.8, 4) is 0 Å². The van der Waals surface area contributed by atoms with Gasteiger partial charge in [0.2, 0.25) is 0 Å². The number of amidine groups is 1. The largest absolute Gasteiger partial charge is 0.467 e. The Kier molecular flexibility index (Phi) is 7.30. The van der Waals surface area contributed by atoms with Crippen molar-refractivity contribution in [2.24, 2.45) is 4.99 Å². The van der Waals surface area contributed by atoms with Crippen LogP contribution in [0.2, 0.25) is 0 Å². The van der Waals surface area contributed by atoms with Crippen LogP contribution in [0, 0.1) is 0 Å². The molecule has 0 rings (SSSR count). The van der Waals surface area contributed by atoms with E-state index >= 15 is 0 Å². The van der Waals surface area contributed by atoms with E-state index in [2.05, 4.69) is 10.3 Å². The predicted octanol–water partition coefficient (Wildman–Crippen LogP) is 3.14. The van der Waals surface area contributed by atoms with Gasteiger partial charge in [-0.2, -0.15) is 13.2 Å². The third kappa shape index (κ3) is 7.21. The molecular formula is C8H14F3MnN2-. The molecule has 0 saturated heterocycles. The number of hydrogen-bond acceptors (Lipinski definition) is 1. The maximum absolute atomic E-state index is 12.0. The number of hydrogen-bond donors (Lipinski definition) is 0. The van der Waals surface area contributed by atoms with Gasteiger partial charge in [0.1, 0.15) is 0 Å². The van der Waals surface area contributed by atoms with Crippen molar-refractivity contribution in [3.05, 3.63) is 5.32 Å². The van der Waals surface area contributed by atoms with Crippen molar-refractivity contribution in [1.82, 2.24) is 0 Å². The van der Waals surface area contributed by atoms with Crippen LogP contribution in [0.5, 0.6) is 0 Å². The topological polar surface area (TPSA) is 26.5 Å². The van der Waals surface area contributed by atoms with Gasteiger partial charge in [-0.05, 0) is 13.0 Å². The molecule has 0 saturated carbocycles. The Balaban J connectivity index is 0. The zero-order valence-electron chi connectivity index (χ0n) is 8.56. The van der Waals surface area contributed by atoms with E-state index in [4.69, 9.17) is 0 Å². The van der Waals surface area contributed by atoms with Crippen LogP contribution in [0.15, 0.2) is 4.99 Å². The van der Waals surface area contributed by atoms with Gasteiger partial charge in [-0.3, -0.25) is 0 Å². The van der Waals surface area contributed by atoms with Gasteiger partial charge in [-0.1, -0.05) is 26.6 Å². The summed E-state index contributed by atoms with van der Waals surface area (Å²) in [6.07, 6.45) is -4.27. The maximum atomic E-state index is 12.0. The summed E-state index contributed by atoms with van der Waals surface area (Å²) in [6, 6.07) is -1.70. The van der Waals surface area contributed by atoms with E-state index in [1.165, 1.54) is 6.92 Å². The van der Waals surface area contributed by atoms with Gasteiger partial charge < -0.3 is 10.3 Å². The summed E-state index contributed by atoms with van der Waals surface area (Å²) in [5.41, 5.74) is 0. The van der Waals surface area contributed by atoms with E-state index in [-0.39, 0.29) is 28.9 Å². The number of rotatable bonds is 2. The Hall–Kier alpha value is -0.221. The summed E-state index contributed by atoms with van der Waals surface area (Å²) in [5.74, 6) is 0.194. The minimum Gasteiger partial charge on any atom is -0.467 e. The van der Waals surface area contributed by atoms with E-state index in [1.807, 2.05) is 0 Å². The van der Waals surface area contributed by atoms with Crippen molar-refractivity contribution in [2.45, 2.75) is 46.0 Å². The average molecular weight is 250 g/mol. The molecule has 2 nitrogen and oxygen atoms in total. The molecule has 0 aliphatic carbocycles. The molecule has 1 unspecified atom stereocenters. The fraction of sp³-hybridized carbons (Fsp3) is 0.875. The van der Waals surface area contributed by atoms with Gasteiger partial charge >= 0.3 is 6.18 Å². The molecule has 0 aliphatic rings. The van der Waals surface area contributed by atoms with Crippen LogP contribution in [-0.4, -0.2) is 24.1 Å². The zero-order valence-corrected chi connectivity index (χ0v) is 9.74. The summed E-state index contributed by atoms with van der Waals surface area (Å²) in [6.45, 7) is 6.07. The molecule has 0 fully saturated rings. The first-order valence-electron chi connectivity index (χ1n) is 4.05. The zero-order chi connectivity index (χ0) is 10.6. The molecule has 0 spiro atoms. The Labute approximate surface area is 92.8 Å². The Morgan fingerprint density at radius 2 is 1.64 bits per heavy atom. The average Bonchev–Trinajstić information content (AvgIpc) is 1.82. The number of nitrogens with zero attached hydrogens (tertiary/aromatic N) is 2. The molecular weight excluding hydrogens is 236 g/mol. The molecule has 0 aromatic heterocycles. The molecule has 0 bridgehead atoms. The van der Waals surface area contributed by atoms with Crippen molar-refractivity contribution >= 4 is 5.84 Å². The Bertz CT molecular complexity index is 190. The molecule has 14 heavy (non-hydrogen) atoms. The fourth-order valence-corrected chi connectivity index (χ4v) is 0.760. The van der Waals surface area contributed by atoms with Gasteiger partial charge in [-0.25, -0.2) is 0 Å². The van der Waals surface area contributed by atoms with Crippen molar-refractivity contribution < 1.29 is 30.2 Å². The molecule has 0 aliphatic heterocycles. The molecule has 0 heterocycles. The van der Waals surface area contributed by atoms with E-state index in [1.54, 1.807) is 13.8 Å². The van der Waals surface area contributed by atoms with Crippen LogP contribution in [0.1, 0.15) is 27.7 Å². The molecule has 6 heteroatoms. The third-order valence-corrected chi connectivity index (χ3v) is 1.30. The van der Waals surface area contributed by atoms with Gasteiger partial charge in [-0.15, -0.1) is 0 Å². The number of halogens is 3. The first-order valence-corrected chi connectivity index (χ1v) is 4.05. The predicted molar refractivity (Wildman–Crippen MR) is 47.1 cm³/mol. The summed E-state index contributed by atoms with van der Waals surface area (Å²) in [7, 11) is 0. The van der Waals surface area contributed by atoms with E-state index in [0.29, 0.717) is 0 Å². The minimum absolute atomic E-state index is 0. The summed E-state index contributed by atoms with van der Waals surface area (Å²) in [5, 5.41) is 3.41. The Morgan fingerprint density at radius 3 is 1.93 bits per heavy atom. The second-order valence-electron chi connectivity index (χ2n) is 3.12. The van der Waals surface area contributed by atoms with Crippen molar-refractivity contribution in [3.63, 3.8) is 0 Å². The van der Waals surface area contributed by atoms with Crippen LogP contribution in [0.4, 0.5) is 13.2 Å². The van der Waals surface area contributed by atoms with Crippen molar-refractivity contribution in [2.75, 3.05) is 0 Å². The van der Waals surface area contributed by atoms with Crippen LogP contribution >= 0.6 is 0 Å². The maximum Gasteiger partial charge on any atom is 0.390 e. The third-order valence-electron chi connectivity index (χ3n) is 1.30. The molecule has 0 aromatic rings. The van der Waals surface area contributed by atoms with E-state index < -0.39 is 12.2 Å². The Morgan fingerprint density at radius 1 is 1.21 bits per heavy atom. The van der Waals surface area contributed by atoms with Crippen molar-refractivity contribution in [1.29, 1.82) is 0 Å². The molecule has 0 amide bonds. The smallest absolute Gasteiger partial charge is 0.390 e. The van der Waals surface area contributed by atoms with Gasteiger partial charge in [0.15, 0.2) is 0 Å². The SMILES string of the molecule is CC(=NC(C)C)[N-]C(C)C(F)(F)F.[Mn]. The molecule has 0 N–H and O–H groups in total. The van der Waals surface area contributed by atoms with Gasteiger partial charge in [0, 0.05) is 17.1 Å². The van der Waals surface area contributed by atoms with Gasteiger partial charge in [0.25, 0.3) is 0 Å². The molecule has 1 radical (unpaired) electrons. The fourth-order valence-electron chi connectivity index (χ4n) is 0.760.